The summed E-state index contributed by atoms with van der Waals surface area (Å²) >= 11 is 0. The molecule has 2 atom stereocenters. The first-order valence-corrected chi connectivity index (χ1v) is 9.18. The number of aromatic nitrogens is 3. The first-order chi connectivity index (χ1) is 13.2. The van der Waals surface area contributed by atoms with Crippen LogP contribution in [0.4, 0.5) is 22.0 Å². The highest BCUT2D eigenvalue weighted by atomic mass is 32.2. The second-order valence-electron chi connectivity index (χ2n) is 5.79. The van der Waals surface area contributed by atoms with Gasteiger partial charge in [0.05, 0.1) is 31.6 Å². The minimum Gasteiger partial charge on any atom is -0.377 e. The van der Waals surface area contributed by atoms with Gasteiger partial charge in [0.25, 0.3) is 0 Å². The molecule has 0 radical (unpaired) electrons. The lowest BCUT2D eigenvalue weighted by molar-refractivity contribution is 0.0661. The molecule has 3 rings (SSSR count). The molecule has 0 saturated carbocycles. The highest BCUT2D eigenvalue weighted by molar-refractivity contribution is 7.89. The van der Waals surface area contributed by atoms with E-state index in [0.29, 0.717) is 6.61 Å². The van der Waals surface area contributed by atoms with Gasteiger partial charge < -0.3 is 9.47 Å². The number of sulfonamides is 1. The second-order valence-corrected chi connectivity index (χ2v) is 7.50. The first kappa shape index (κ1) is 20.6. The summed E-state index contributed by atoms with van der Waals surface area (Å²) in [5, 5.41) is 7.50. The first-order valence-electron chi connectivity index (χ1n) is 7.69. The Morgan fingerprint density at radius 2 is 1.75 bits per heavy atom. The Hall–Kier alpha value is -2.16. The summed E-state index contributed by atoms with van der Waals surface area (Å²) in [6.45, 7) is -0.00607. The van der Waals surface area contributed by atoms with Crippen molar-refractivity contribution in [2.75, 3.05) is 20.3 Å². The predicted molar refractivity (Wildman–Crippen MR) is 80.9 cm³/mol. The SMILES string of the molecule is CO[C@@H]1COC[C@H]1n1cc(CNS(=O)(=O)c2c(F)c(F)c(F)c(F)c2F)nn1. The quantitative estimate of drug-likeness (QED) is 0.420. The highest BCUT2D eigenvalue weighted by Crippen LogP contribution is 2.26. The van der Waals surface area contributed by atoms with Gasteiger partial charge in [-0.15, -0.1) is 5.10 Å². The van der Waals surface area contributed by atoms with E-state index in [2.05, 4.69) is 10.3 Å². The number of methoxy groups -OCH3 is 1. The van der Waals surface area contributed by atoms with E-state index >= 15 is 0 Å². The zero-order chi connectivity index (χ0) is 20.6. The molecule has 0 bridgehead atoms. The van der Waals surface area contributed by atoms with Gasteiger partial charge >= 0.3 is 0 Å². The Bertz CT molecular complexity index is 971. The number of hydrogen-bond acceptors (Lipinski definition) is 6. The molecule has 1 fully saturated rings. The lowest BCUT2D eigenvalue weighted by Gasteiger charge is -2.15. The van der Waals surface area contributed by atoms with Gasteiger partial charge in [-0.3, -0.25) is 0 Å². The van der Waals surface area contributed by atoms with Crippen molar-refractivity contribution in [1.29, 1.82) is 0 Å². The minimum absolute atomic E-state index is 0.0363. The van der Waals surface area contributed by atoms with Crippen molar-refractivity contribution in [1.82, 2.24) is 19.7 Å². The van der Waals surface area contributed by atoms with Gasteiger partial charge in [-0.1, -0.05) is 5.21 Å². The molecule has 1 aromatic carbocycles. The number of nitrogens with one attached hydrogen (secondary N) is 1. The molecule has 28 heavy (non-hydrogen) atoms. The molecule has 14 heteroatoms. The van der Waals surface area contributed by atoms with Gasteiger partial charge in [0, 0.05) is 7.11 Å². The van der Waals surface area contributed by atoms with Crippen LogP contribution >= 0.6 is 0 Å². The molecule has 1 aliphatic heterocycles. The van der Waals surface area contributed by atoms with Crippen LogP contribution in [0.1, 0.15) is 11.7 Å². The molecule has 2 aromatic rings. The fraction of sp³-hybridized carbons (Fsp3) is 0.429. The Balaban J connectivity index is 1.80. The summed E-state index contributed by atoms with van der Waals surface area (Å²) in [6.07, 6.45) is 1.03. The molecule has 1 aromatic heterocycles. The van der Waals surface area contributed by atoms with Crippen LogP contribution in [-0.4, -0.2) is 49.8 Å². The molecule has 8 nitrogen and oxygen atoms in total. The van der Waals surface area contributed by atoms with Crippen molar-refractivity contribution in [3.8, 4) is 0 Å². The molecule has 1 aliphatic rings. The van der Waals surface area contributed by atoms with Crippen molar-refractivity contribution in [3.63, 3.8) is 0 Å². The van der Waals surface area contributed by atoms with Crippen molar-refractivity contribution in [3.05, 3.63) is 41.0 Å². The molecule has 0 spiro atoms. The van der Waals surface area contributed by atoms with Crippen molar-refractivity contribution in [2.24, 2.45) is 0 Å². The molecule has 2 heterocycles. The minimum atomic E-state index is -5.08. The standard InChI is InChI=1S/C14H13F5N4O4S/c1-26-8-5-27-4-7(8)23-3-6(21-22-23)2-20-28(24,25)14-12(18)10(16)9(15)11(17)13(14)19/h3,7-8,20H,2,4-5H2,1H3/t7-,8-/m1/s1. The van der Waals surface area contributed by atoms with Gasteiger partial charge in [0.15, 0.2) is 28.2 Å². The number of halogens is 5. The van der Waals surface area contributed by atoms with E-state index in [0.717, 1.165) is 0 Å². The zero-order valence-corrected chi connectivity index (χ0v) is 14.9. The molecule has 0 amide bonds. The lowest BCUT2D eigenvalue weighted by atomic mass is 10.2. The van der Waals surface area contributed by atoms with E-state index in [1.165, 1.54) is 18.0 Å². The Morgan fingerprint density at radius 3 is 2.36 bits per heavy atom. The maximum Gasteiger partial charge on any atom is 0.247 e. The largest absolute Gasteiger partial charge is 0.377 e. The van der Waals surface area contributed by atoms with E-state index < -0.39 is 50.5 Å². The third kappa shape index (κ3) is 3.59. The van der Waals surface area contributed by atoms with E-state index in [1.54, 1.807) is 4.72 Å². The molecule has 1 N–H and O–H groups in total. The van der Waals surface area contributed by atoms with Crippen LogP contribution in [0.5, 0.6) is 0 Å². The average molecular weight is 428 g/mol. The third-order valence-electron chi connectivity index (χ3n) is 4.08. The summed E-state index contributed by atoms with van der Waals surface area (Å²) in [5.41, 5.74) is 0.0363. The van der Waals surface area contributed by atoms with Gasteiger partial charge in [-0.2, -0.15) is 0 Å². The normalized spacial score (nSPS) is 20.1. The van der Waals surface area contributed by atoms with E-state index in [-0.39, 0.29) is 24.4 Å². The van der Waals surface area contributed by atoms with E-state index in [1.807, 2.05) is 0 Å². The summed E-state index contributed by atoms with van der Waals surface area (Å²) < 4.78 is 105. The van der Waals surface area contributed by atoms with E-state index in [4.69, 9.17) is 9.47 Å². The molecule has 0 unspecified atom stereocenters. The Morgan fingerprint density at radius 1 is 1.14 bits per heavy atom. The van der Waals surface area contributed by atoms with Gasteiger partial charge in [0.2, 0.25) is 15.8 Å². The fourth-order valence-corrected chi connectivity index (χ4v) is 3.75. The summed E-state index contributed by atoms with van der Waals surface area (Å²) in [7, 11) is -3.61. The Labute approximate surface area is 155 Å². The van der Waals surface area contributed by atoms with Crippen LogP contribution in [0.3, 0.4) is 0 Å². The van der Waals surface area contributed by atoms with Crippen LogP contribution in [0.2, 0.25) is 0 Å². The number of hydrogen-bond donors (Lipinski definition) is 1. The van der Waals surface area contributed by atoms with Crippen LogP contribution < -0.4 is 4.72 Å². The van der Waals surface area contributed by atoms with Crippen molar-refractivity contribution >= 4 is 10.0 Å². The molecular weight excluding hydrogens is 415 g/mol. The Kier molecular flexibility index (Phi) is 5.65. The highest BCUT2D eigenvalue weighted by Gasteiger charge is 2.34. The molecule has 1 saturated heterocycles. The summed E-state index contributed by atoms with van der Waals surface area (Å²) in [6, 6.07) is -0.321. The maximum atomic E-state index is 13.7. The van der Waals surface area contributed by atoms with Gasteiger partial charge in [-0.25, -0.2) is 39.8 Å². The third-order valence-corrected chi connectivity index (χ3v) is 5.50. The number of benzene rings is 1. The zero-order valence-electron chi connectivity index (χ0n) is 14.1. The molecule has 154 valence electrons. The number of ether oxygens (including phenoxy) is 2. The van der Waals surface area contributed by atoms with Crippen molar-refractivity contribution in [2.45, 2.75) is 23.6 Å². The lowest BCUT2D eigenvalue weighted by Crippen LogP contribution is -2.27. The topological polar surface area (TPSA) is 95.3 Å². The molecular formula is C14H13F5N4O4S. The van der Waals surface area contributed by atoms with Crippen LogP contribution in [0.25, 0.3) is 0 Å². The smallest absolute Gasteiger partial charge is 0.247 e. The van der Waals surface area contributed by atoms with Crippen LogP contribution in [0.15, 0.2) is 11.1 Å². The fourth-order valence-electron chi connectivity index (χ4n) is 2.61. The van der Waals surface area contributed by atoms with Crippen LogP contribution in [-0.2, 0) is 26.0 Å². The van der Waals surface area contributed by atoms with Gasteiger partial charge in [-0.05, 0) is 0 Å². The summed E-state index contributed by atoms with van der Waals surface area (Å²) in [4.78, 5) is -1.97. The predicted octanol–water partition coefficient (Wildman–Crippen LogP) is 1.04. The maximum absolute atomic E-state index is 13.7. The van der Waals surface area contributed by atoms with Crippen LogP contribution in [0, 0.1) is 29.1 Å². The molecule has 0 aliphatic carbocycles. The number of rotatable bonds is 6. The second kappa shape index (κ2) is 7.69. The average Bonchev–Trinajstić information content (AvgIpc) is 3.31. The number of nitrogens with zero attached hydrogens (tertiary/aromatic N) is 3. The van der Waals surface area contributed by atoms with Gasteiger partial charge in [0.1, 0.15) is 12.1 Å². The monoisotopic (exact) mass is 428 g/mol. The summed E-state index contributed by atoms with van der Waals surface area (Å²) in [5.74, 6) is -12.1. The van der Waals surface area contributed by atoms with E-state index in [9.17, 15) is 30.4 Å². The van der Waals surface area contributed by atoms with Crippen molar-refractivity contribution < 1.29 is 39.8 Å².